The van der Waals surface area contributed by atoms with E-state index in [4.69, 9.17) is 21.4 Å². The van der Waals surface area contributed by atoms with E-state index in [9.17, 15) is 5.11 Å². The summed E-state index contributed by atoms with van der Waals surface area (Å²) in [6.45, 7) is 3.35. The van der Waals surface area contributed by atoms with Crippen LogP contribution in [0, 0.1) is 0 Å². The standard InChI is InChI=1S/C21H27N7O.3BrH/c1-26-18(13-2-4-16(29)5-3-13)10-17-19(26)24-21(28-9-7-15(23)12-28)25-20(17)27-8-6-14(22)11-27;;;/h2-5,10,14-15,29H,6-9,11-12,22-23H2,1H3;3*1H. The Morgan fingerprint density at radius 3 is 2.06 bits per heavy atom. The lowest BCUT2D eigenvalue weighted by Gasteiger charge is -2.22. The van der Waals surface area contributed by atoms with Crippen molar-refractivity contribution >= 4 is 73.7 Å². The van der Waals surface area contributed by atoms with Gasteiger partial charge in [-0.05, 0) is 48.7 Å². The topological polar surface area (TPSA) is 109 Å². The van der Waals surface area contributed by atoms with Crippen LogP contribution in [0.2, 0.25) is 0 Å². The zero-order chi connectivity index (χ0) is 20.1. The van der Waals surface area contributed by atoms with Crippen molar-refractivity contribution in [3.63, 3.8) is 0 Å². The normalized spacial score (nSPS) is 20.1. The Balaban J connectivity index is 0.00000121. The summed E-state index contributed by atoms with van der Waals surface area (Å²) in [7, 11) is 2.02. The van der Waals surface area contributed by atoms with Gasteiger partial charge in [-0.15, -0.1) is 50.9 Å². The molecular formula is C21H30Br3N7O. The van der Waals surface area contributed by atoms with Crippen LogP contribution >= 0.6 is 50.9 Å². The summed E-state index contributed by atoms with van der Waals surface area (Å²) in [5.41, 5.74) is 15.3. The van der Waals surface area contributed by atoms with E-state index < -0.39 is 0 Å². The average Bonchev–Trinajstić information content (AvgIpc) is 3.41. The molecule has 1 aromatic carbocycles. The molecule has 5 N–H and O–H groups in total. The van der Waals surface area contributed by atoms with Gasteiger partial charge in [0.2, 0.25) is 5.95 Å². The Hall–Kier alpha value is -1.40. The number of rotatable bonds is 3. The first kappa shape index (κ1) is 26.8. The zero-order valence-corrected chi connectivity index (χ0v) is 23.0. The fourth-order valence-electron chi connectivity index (χ4n) is 4.41. The molecule has 0 saturated carbocycles. The van der Waals surface area contributed by atoms with E-state index in [0.29, 0.717) is 0 Å². The molecule has 2 unspecified atom stereocenters. The lowest BCUT2D eigenvalue weighted by molar-refractivity contribution is 0.475. The summed E-state index contributed by atoms with van der Waals surface area (Å²) in [6, 6.07) is 9.72. The van der Waals surface area contributed by atoms with Gasteiger partial charge in [-0.25, -0.2) is 0 Å². The lowest BCUT2D eigenvalue weighted by Crippen LogP contribution is -2.30. The molecule has 8 nitrogen and oxygen atoms in total. The molecule has 2 fully saturated rings. The minimum absolute atomic E-state index is 0. The van der Waals surface area contributed by atoms with Crippen molar-refractivity contribution in [1.82, 2.24) is 14.5 Å². The van der Waals surface area contributed by atoms with Crippen LogP contribution < -0.4 is 21.3 Å². The predicted molar refractivity (Wildman–Crippen MR) is 146 cm³/mol. The van der Waals surface area contributed by atoms with Crippen molar-refractivity contribution < 1.29 is 5.11 Å². The fraction of sp³-hybridized carbons (Fsp3) is 0.429. The number of hydrogen-bond donors (Lipinski definition) is 3. The number of nitrogens with zero attached hydrogens (tertiary/aromatic N) is 5. The van der Waals surface area contributed by atoms with E-state index in [2.05, 4.69) is 20.4 Å². The minimum atomic E-state index is 0. The Morgan fingerprint density at radius 1 is 0.906 bits per heavy atom. The van der Waals surface area contributed by atoms with E-state index >= 15 is 0 Å². The molecule has 2 aromatic heterocycles. The third kappa shape index (κ3) is 4.91. The average molecular weight is 636 g/mol. The van der Waals surface area contributed by atoms with E-state index in [1.165, 1.54) is 0 Å². The first-order chi connectivity index (χ1) is 14.0. The summed E-state index contributed by atoms with van der Waals surface area (Å²) in [5.74, 6) is 1.94. The van der Waals surface area contributed by atoms with Crippen LogP contribution in [0.4, 0.5) is 11.8 Å². The quantitative estimate of drug-likeness (QED) is 0.406. The van der Waals surface area contributed by atoms with E-state index in [-0.39, 0.29) is 68.8 Å². The van der Waals surface area contributed by atoms with Gasteiger partial charge in [-0.2, -0.15) is 9.97 Å². The number of aromatic hydroxyl groups is 1. The van der Waals surface area contributed by atoms with Gasteiger partial charge >= 0.3 is 0 Å². The Morgan fingerprint density at radius 2 is 1.50 bits per heavy atom. The SMILES string of the molecule is Br.Br.Br.Cn1c(-c2ccc(O)cc2)cc2c(N3CCC(N)C3)nc(N3CCC(N)C3)nc21. The number of phenolic OH excluding ortho intramolecular Hbond substituents is 1. The van der Waals surface area contributed by atoms with Gasteiger partial charge in [0.25, 0.3) is 0 Å². The zero-order valence-electron chi connectivity index (χ0n) is 17.8. The molecule has 5 rings (SSSR count). The van der Waals surface area contributed by atoms with Crippen molar-refractivity contribution in [3.05, 3.63) is 30.3 Å². The van der Waals surface area contributed by atoms with Gasteiger partial charge < -0.3 is 30.9 Å². The predicted octanol–water partition coefficient (Wildman–Crippen LogP) is 3.15. The third-order valence-corrected chi connectivity index (χ3v) is 6.05. The van der Waals surface area contributed by atoms with Crippen LogP contribution in [0.5, 0.6) is 5.75 Å². The highest BCUT2D eigenvalue weighted by Gasteiger charge is 2.28. The number of benzene rings is 1. The van der Waals surface area contributed by atoms with Crippen LogP contribution in [-0.4, -0.2) is 57.9 Å². The number of aryl methyl sites for hydroxylation is 1. The van der Waals surface area contributed by atoms with Crippen LogP contribution in [0.15, 0.2) is 30.3 Å². The van der Waals surface area contributed by atoms with Crippen LogP contribution in [0.25, 0.3) is 22.3 Å². The number of aromatic nitrogens is 3. The third-order valence-electron chi connectivity index (χ3n) is 6.05. The highest BCUT2D eigenvalue weighted by atomic mass is 79.9. The molecule has 32 heavy (non-hydrogen) atoms. The molecule has 2 aliphatic rings. The minimum Gasteiger partial charge on any atom is -0.508 e. The summed E-state index contributed by atoms with van der Waals surface area (Å²) in [6.07, 6.45) is 1.92. The molecule has 0 aliphatic carbocycles. The van der Waals surface area contributed by atoms with Crippen molar-refractivity contribution in [1.29, 1.82) is 0 Å². The summed E-state index contributed by atoms with van der Waals surface area (Å²) in [5, 5.41) is 10.7. The molecule has 3 aromatic rings. The number of phenols is 1. The summed E-state index contributed by atoms with van der Waals surface area (Å²) < 4.78 is 2.10. The lowest BCUT2D eigenvalue weighted by atomic mass is 10.1. The van der Waals surface area contributed by atoms with Gasteiger partial charge in [0.05, 0.1) is 11.1 Å². The molecule has 2 aliphatic heterocycles. The molecule has 0 spiro atoms. The number of halogens is 3. The maximum atomic E-state index is 9.64. The fourth-order valence-corrected chi connectivity index (χ4v) is 4.41. The highest BCUT2D eigenvalue weighted by Crippen LogP contribution is 2.35. The molecule has 11 heteroatoms. The van der Waals surface area contributed by atoms with Gasteiger partial charge in [-0.1, -0.05) is 0 Å². The number of anilines is 2. The van der Waals surface area contributed by atoms with Crippen molar-refractivity contribution in [3.8, 4) is 17.0 Å². The van der Waals surface area contributed by atoms with Gasteiger partial charge in [0.15, 0.2) is 0 Å². The van der Waals surface area contributed by atoms with Crippen molar-refractivity contribution in [2.24, 2.45) is 18.5 Å². The molecule has 0 bridgehead atoms. The molecule has 0 radical (unpaired) electrons. The second-order valence-corrected chi connectivity index (χ2v) is 8.21. The van der Waals surface area contributed by atoms with Crippen molar-refractivity contribution in [2.45, 2.75) is 24.9 Å². The molecule has 176 valence electrons. The van der Waals surface area contributed by atoms with Gasteiger partial charge in [0, 0.05) is 45.3 Å². The van der Waals surface area contributed by atoms with Gasteiger partial charge in [-0.3, -0.25) is 0 Å². The first-order valence-corrected chi connectivity index (χ1v) is 10.2. The van der Waals surface area contributed by atoms with E-state index in [0.717, 1.165) is 73.1 Å². The number of nitrogens with two attached hydrogens (primary N) is 2. The van der Waals surface area contributed by atoms with Crippen molar-refractivity contribution in [2.75, 3.05) is 36.0 Å². The van der Waals surface area contributed by atoms with E-state index in [1.807, 2.05) is 19.2 Å². The number of hydrogen-bond acceptors (Lipinski definition) is 7. The highest BCUT2D eigenvalue weighted by molar-refractivity contribution is 8.93. The van der Waals surface area contributed by atoms with E-state index in [1.54, 1.807) is 12.1 Å². The smallest absolute Gasteiger partial charge is 0.229 e. The largest absolute Gasteiger partial charge is 0.508 e. The van der Waals surface area contributed by atoms with Crippen LogP contribution in [0.1, 0.15) is 12.8 Å². The Bertz CT molecular complexity index is 1060. The molecule has 0 amide bonds. The first-order valence-electron chi connectivity index (χ1n) is 10.2. The molecule has 2 saturated heterocycles. The maximum Gasteiger partial charge on any atom is 0.229 e. The molecular weight excluding hydrogens is 606 g/mol. The second-order valence-electron chi connectivity index (χ2n) is 8.21. The summed E-state index contributed by atoms with van der Waals surface area (Å²) >= 11 is 0. The van der Waals surface area contributed by atoms with Gasteiger partial charge in [0.1, 0.15) is 17.2 Å². The Labute approximate surface area is 219 Å². The molecule has 4 heterocycles. The molecule has 2 atom stereocenters. The van der Waals surface area contributed by atoms with Crippen LogP contribution in [-0.2, 0) is 7.05 Å². The number of fused-ring (bicyclic) bond motifs is 1. The van der Waals surface area contributed by atoms with Crippen LogP contribution in [0.3, 0.4) is 0 Å². The Kier molecular flexibility index (Phi) is 8.97. The summed E-state index contributed by atoms with van der Waals surface area (Å²) in [4.78, 5) is 14.3. The maximum absolute atomic E-state index is 9.64. The second kappa shape index (κ2) is 10.7. The monoisotopic (exact) mass is 633 g/mol.